The summed E-state index contributed by atoms with van der Waals surface area (Å²) in [4.78, 5) is 0. The monoisotopic (exact) mass is 1030 g/mol. The highest BCUT2D eigenvalue weighted by Gasteiger charge is 2.05. The zero-order chi connectivity index (χ0) is 57.4. The summed E-state index contributed by atoms with van der Waals surface area (Å²) in [5, 5.41) is 16.6. The number of benzene rings is 12. The summed E-state index contributed by atoms with van der Waals surface area (Å²) in [6.07, 6.45) is 0. The van der Waals surface area contributed by atoms with E-state index in [-0.39, 0.29) is 0 Å². The Bertz CT molecular complexity index is 3980. The third-order valence-electron chi connectivity index (χ3n) is 15.5. The van der Waals surface area contributed by atoms with Crippen molar-refractivity contribution in [3.63, 3.8) is 0 Å². The number of hydrogen-bond acceptors (Lipinski definition) is 0. The van der Waals surface area contributed by atoms with Crippen LogP contribution in [0.3, 0.4) is 0 Å². The first kappa shape index (κ1) is 58.9. The second kappa shape index (κ2) is 25.8. The van der Waals surface area contributed by atoms with Gasteiger partial charge in [0.15, 0.2) is 0 Å². The molecule has 0 saturated heterocycles. The van der Waals surface area contributed by atoms with Crippen LogP contribution in [-0.2, 0) is 0 Å². The fourth-order valence-corrected chi connectivity index (χ4v) is 11.3. The van der Waals surface area contributed by atoms with Crippen LogP contribution in [-0.4, -0.2) is 0 Å². The van der Waals surface area contributed by atoms with Gasteiger partial charge < -0.3 is 0 Å². The Hall–Kier alpha value is -7.80. The zero-order valence-electron chi connectivity index (χ0n) is 51.2. The highest BCUT2D eigenvalue weighted by atomic mass is 14.1. The van der Waals surface area contributed by atoms with Crippen molar-refractivity contribution < 1.29 is 0 Å². The second-order valence-electron chi connectivity index (χ2n) is 23.1. The summed E-state index contributed by atoms with van der Waals surface area (Å²) < 4.78 is 0. The molecule has 12 aromatic rings. The standard InChI is InChI=1S/C14H16.5C13H14/c1-9-5-11(3)14-8-10(2)6-12(4)13(14)7-9;2*1-9-4-7-12-10(2)5-6-11(3)13(12)8-9;1-9-4-5-12-7-10(2)6-11(3)13(12)8-9;1-9-4-5-13-11(3)6-10(2)8-12(13)7-9;1-9-7-11(3)12-6-4-5-10(2)13(12)8-9/h5-8H,1-4H3;5*4-8H,1-3H3. The summed E-state index contributed by atoms with van der Waals surface area (Å²) in [5.74, 6) is 0. The maximum atomic E-state index is 2.27. The second-order valence-corrected chi connectivity index (χ2v) is 23.1. The number of fused-ring (bicyclic) bond motifs is 6. The van der Waals surface area contributed by atoms with Crippen LogP contribution in [0.2, 0.25) is 0 Å². The average Bonchev–Trinajstić information content (AvgIpc) is 3.41. The molecule has 79 heavy (non-hydrogen) atoms. The third-order valence-corrected chi connectivity index (χ3v) is 15.5. The molecule has 0 aliphatic rings. The molecule has 0 unspecified atom stereocenters. The third kappa shape index (κ3) is 14.9. The molecule has 402 valence electrons. The van der Waals surface area contributed by atoms with Crippen LogP contribution in [0.1, 0.15) is 106 Å². The maximum absolute atomic E-state index is 2.27. The Balaban J connectivity index is 0.000000137. The molecule has 0 nitrogen and oxygen atoms in total. The Morgan fingerprint density at radius 2 is 0.392 bits per heavy atom. The van der Waals surface area contributed by atoms with Crippen molar-refractivity contribution in [2.75, 3.05) is 0 Å². The van der Waals surface area contributed by atoms with Crippen molar-refractivity contribution in [1.29, 1.82) is 0 Å². The molecule has 12 aromatic carbocycles. The molecule has 0 radical (unpaired) electrons. The van der Waals surface area contributed by atoms with Gasteiger partial charge in [-0.05, 0) is 252 Å². The number of rotatable bonds is 0. The Labute approximate surface area is 475 Å². The van der Waals surface area contributed by atoms with E-state index >= 15 is 0 Å². The number of hydrogen-bond donors (Lipinski definition) is 0. The van der Waals surface area contributed by atoms with Crippen LogP contribution in [0.5, 0.6) is 0 Å². The van der Waals surface area contributed by atoms with Crippen molar-refractivity contribution >= 4 is 64.6 Å². The fraction of sp³-hybridized carbons (Fsp3) is 0.241. The van der Waals surface area contributed by atoms with Gasteiger partial charge >= 0.3 is 0 Å². The lowest BCUT2D eigenvalue weighted by Crippen LogP contribution is -1.86. The normalized spacial score (nSPS) is 10.7. The molecule has 0 bridgehead atoms. The molecule has 0 aliphatic heterocycles. The molecule has 0 spiro atoms. The lowest BCUT2D eigenvalue weighted by Gasteiger charge is -2.08. The molecule has 0 fully saturated rings. The quantitative estimate of drug-likeness (QED) is 0.142. The average molecular weight is 1040 g/mol. The van der Waals surface area contributed by atoms with Crippen molar-refractivity contribution in [3.8, 4) is 0 Å². The summed E-state index contributed by atoms with van der Waals surface area (Å²) >= 11 is 0. The lowest BCUT2D eigenvalue weighted by atomic mass is 9.97. The maximum Gasteiger partial charge on any atom is -0.0149 e. The van der Waals surface area contributed by atoms with Gasteiger partial charge in [0.2, 0.25) is 0 Å². The molecule has 0 saturated carbocycles. The summed E-state index contributed by atoms with van der Waals surface area (Å²) in [5.41, 5.74) is 25.8. The molecule has 0 heteroatoms. The predicted molar refractivity (Wildman–Crippen MR) is 354 cm³/mol. The molecule has 0 aromatic heterocycles. The summed E-state index contributed by atoms with van der Waals surface area (Å²) in [7, 11) is 0. The zero-order valence-corrected chi connectivity index (χ0v) is 51.2. The Morgan fingerprint density at radius 1 is 0.139 bits per heavy atom. The Kier molecular flexibility index (Phi) is 19.2. The van der Waals surface area contributed by atoms with Crippen LogP contribution < -0.4 is 0 Å². The van der Waals surface area contributed by atoms with E-state index in [1.54, 1.807) is 0 Å². The van der Waals surface area contributed by atoms with E-state index in [9.17, 15) is 0 Å². The van der Waals surface area contributed by atoms with Gasteiger partial charge in [-0.25, -0.2) is 0 Å². The summed E-state index contributed by atoms with van der Waals surface area (Å²) in [6, 6.07) is 64.3. The molecular weight excluding hydrogens is 949 g/mol. The van der Waals surface area contributed by atoms with E-state index < -0.39 is 0 Å². The van der Waals surface area contributed by atoms with Gasteiger partial charge in [-0.15, -0.1) is 0 Å². The Morgan fingerprint density at radius 3 is 0.835 bits per heavy atom. The predicted octanol–water partition coefficient (Wildman–Crippen LogP) is 22.9. The van der Waals surface area contributed by atoms with Crippen molar-refractivity contribution in [2.24, 2.45) is 0 Å². The van der Waals surface area contributed by atoms with Crippen LogP contribution in [0.25, 0.3) is 64.6 Å². The van der Waals surface area contributed by atoms with Gasteiger partial charge in [0, 0.05) is 0 Å². The minimum absolute atomic E-state index is 1.33. The van der Waals surface area contributed by atoms with Gasteiger partial charge in [0.1, 0.15) is 0 Å². The highest BCUT2D eigenvalue weighted by Crippen LogP contribution is 2.28. The minimum Gasteiger partial charge on any atom is -0.0614 e. The lowest BCUT2D eigenvalue weighted by molar-refractivity contribution is 1.38. The SMILES string of the molecule is Cc1cc(C)c2cc(C)cc(C)c2c1.Cc1cc(C)c2cc(C)ccc2c1.Cc1cc(C)c2cccc(C)c2c1.Cc1ccc2c(C)cc(C)cc2c1.Cc1ccc2c(C)ccc(C)c2c1.Cc1ccc2c(C)ccc(C)c2c1. The van der Waals surface area contributed by atoms with Gasteiger partial charge in [-0.1, -0.05) is 226 Å². The van der Waals surface area contributed by atoms with Crippen LogP contribution >= 0.6 is 0 Å². The smallest absolute Gasteiger partial charge is 0.0149 e. The molecular formula is C79H86. The first-order valence-electron chi connectivity index (χ1n) is 28.3. The molecule has 0 amide bonds. The van der Waals surface area contributed by atoms with Gasteiger partial charge in [-0.2, -0.15) is 0 Å². The van der Waals surface area contributed by atoms with E-state index in [0.717, 1.165) is 0 Å². The fourth-order valence-electron chi connectivity index (χ4n) is 11.3. The van der Waals surface area contributed by atoms with Gasteiger partial charge in [0.25, 0.3) is 0 Å². The van der Waals surface area contributed by atoms with Crippen LogP contribution in [0, 0.1) is 132 Å². The van der Waals surface area contributed by atoms with Gasteiger partial charge in [0.05, 0.1) is 0 Å². The van der Waals surface area contributed by atoms with Crippen LogP contribution in [0.4, 0.5) is 0 Å². The molecule has 12 rings (SSSR count). The van der Waals surface area contributed by atoms with Crippen LogP contribution in [0.15, 0.2) is 176 Å². The van der Waals surface area contributed by atoms with E-state index in [2.05, 4.69) is 307 Å². The first-order valence-corrected chi connectivity index (χ1v) is 28.3. The van der Waals surface area contributed by atoms with Gasteiger partial charge in [-0.3, -0.25) is 0 Å². The van der Waals surface area contributed by atoms with E-state index in [0.29, 0.717) is 0 Å². The largest absolute Gasteiger partial charge is 0.0614 e. The van der Waals surface area contributed by atoms with E-state index in [1.165, 1.54) is 170 Å². The minimum atomic E-state index is 1.33. The molecule has 0 atom stereocenters. The molecule has 0 N–H and O–H groups in total. The topological polar surface area (TPSA) is 0 Å². The molecule has 0 heterocycles. The van der Waals surface area contributed by atoms with E-state index in [4.69, 9.17) is 0 Å². The van der Waals surface area contributed by atoms with Crippen molar-refractivity contribution in [2.45, 2.75) is 132 Å². The van der Waals surface area contributed by atoms with Crippen molar-refractivity contribution in [1.82, 2.24) is 0 Å². The molecule has 0 aliphatic carbocycles. The van der Waals surface area contributed by atoms with Crippen molar-refractivity contribution in [3.05, 3.63) is 282 Å². The highest BCUT2D eigenvalue weighted by molar-refractivity contribution is 5.92. The first-order chi connectivity index (χ1) is 37.4. The summed E-state index contributed by atoms with van der Waals surface area (Å²) in [6.45, 7) is 41.0. The van der Waals surface area contributed by atoms with E-state index in [1.807, 2.05) is 0 Å². The number of aryl methyl sites for hydroxylation is 19.